The summed E-state index contributed by atoms with van der Waals surface area (Å²) in [6, 6.07) is 5.14. The van der Waals surface area contributed by atoms with Gasteiger partial charge in [0, 0.05) is 19.5 Å². The minimum absolute atomic E-state index is 0.0407. The molecule has 1 aliphatic carbocycles. The van der Waals surface area contributed by atoms with Crippen LogP contribution < -0.4 is 21.3 Å². The summed E-state index contributed by atoms with van der Waals surface area (Å²) in [7, 11) is 1.48. The van der Waals surface area contributed by atoms with Gasteiger partial charge in [-0.15, -0.1) is 0 Å². The van der Waals surface area contributed by atoms with E-state index in [9.17, 15) is 28.8 Å². The molecule has 1 saturated carbocycles. The normalized spacial score (nSPS) is 26.4. The summed E-state index contributed by atoms with van der Waals surface area (Å²) in [6.45, 7) is 10.3. The van der Waals surface area contributed by atoms with Crippen molar-refractivity contribution in [2.45, 2.75) is 110 Å². The number of benzene rings is 1. The molecule has 12 nitrogen and oxygen atoms in total. The average molecular weight is 655 g/mol. The van der Waals surface area contributed by atoms with Gasteiger partial charge in [0.1, 0.15) is 24.2 Å². The molecule has 4 N–H and O–H groups in total. The average Bonchev–Trinajstić information content (AvgIpc) is 3.56. The molecule has 6 amide bonds. The summed E-state index contributed by atoms with van der Waals surface area (Å²) in [6.07, 6.45) is 4.01. The maximum atomic E-state index is 13.9. The number of amides is 6. The van der Waals surface area contributed by atoms with Gasteiger partial charge >= 0.3 is 0 Å². The maximum Gasteiger partial charge on any atom is 0.245 e. The molecule has 2 fully saturated rings. The lowest BCUT2D eigenvalue weighted by atomic mass is 9.99. The van der Waals surface area contributed by atoms with Crippen molar-refractivity contribution < 1.29 is 28.8 Å². The zero-order valence-electron chi connectivity index (χ0n) is 29.0. The molecule has 12 heteroatoms. The first-order chi connectivity index (χ1) is 22.2. The quantitative estimate of drug-likeness (QED) is 0.366. The van der Waals surface area contributed by atoms with Crippen molar-refractivity contribution in [3.05, 3.63) is 35.9 Å². The summed E-state index contributed by atoms with van der Waals surface area (Å²) in [5.41, 5.74) is 0.930. The smallest absolute Gasteiger partial charge is 0.245 e. The number of hydrogen-bond acceptors (Lipinski definition) is 6. The summed E-state index contributed by atoms with van der Waals surface area (Å²) in [4.78, 5) is 84.2. The Morgan fingerprint density at radius 1 is 0.851 bits per heavy atom. The fourth-order valence-electron chi connectivity index (χ4n) is 6.21. The SMILES string of the molecule is CC(C)C[C@@H]1NC(=O)CN(C(=O)C2CCCC2)C[C@H](Cc2ccccc2)NC(=O)[C@H](C(C)C)NC(=O)[C@@H](C)NC(=O)[C@H](C)N(C)C1=O. The Kier molecular flexibility index (Phi) is 13.8. The van der Waals surface area contributed by atoms with Crippen LogP contribution in [0.1, 0.15) is 79.2 Å². The number of carbonyl (C=O) groups excluding carboxylic acids is 6. The number of nitrogens with zero attached hydrogens (tertiary/aromatic N) is 2. The predicted octanol–water partition coefficient (Wildman–Crippen LogP) is 1.77. The molecule has 2 aliphatic rings. The molecule has 5 atom stereocenters. The van der Waals surface area contributed by atoms with Gasteiger partial charge in [0.15, 0.2) is 0 Å². The van der Waals surface area contributed by atoms with E-state index in [1.54, 1.807) is 6.92 Å². The third-order valence-corrected chi connectivity index (χ3v) is 9.11. The van der Waals surface area contributed by atoms with Crippen LogP contribution in [0.3, 0.4) is 0 Å². The van der Waals surface area contributed by atoms with E-state index in [2.05, 4.69) is 21.3 Å². The molecule has 1 aromatic carbocycles. The zero-order chi connectivity index (χ0) is 34.8. The van der Waals surface area contributed by atoms with Crippen LogP contribution in [0.25, 0.3) is 0 Å². The molecule has 1 saturated heterocycles. The fraction of sp³-hybridized carbons (Fsp3) is 0.657. The van der Waals surface area contributed by atoms with Gasteiger partial charge in [-0.25, -0.2) is 0 Å². The second-order valence-electron chi connectivity index (χ2n) is 13.9. The minimum atomic E-state index is -0.993. The van der Waals surface area contributed by atoms with Crippen LogP contribution in [0.4, 0.5) is 0 Å². The highest BCUT2D eigenvalue weighted by atomic mass is 16.2. The Bertz CT molecular complexity index is 1260. The van der Waals surface area contributed by atoms with E-state index in [4.69, 9.17) is 0 Å². The van der Waals surface area contributed by atoms with Crippen LogP contribution in [-0.2, 0) is 35.2 Å². The summed E-state index contributed by atoms with van der Waals surface area (Å²) < 4.78 is 0. The highest BCUT2D eigenvalue weighted by molar-refractivity contribution is 5.96. The zero-order valence-corrected chi connectivity index (χ0v) is 29.0. The molecular weight excluding hydrogens is 600 g/mol. The van der Waals surface area contributed by atoms with Crippen molar-refractivity contribution in [1.29, 1.82) is 0 Å². The van der Waals surface area contributed by atoms with Gasteiger partial charge < -0.3 is 31.1 Å². The monoisotopic (exact) mass is 654 g/mol. The highest BCUT2D eigenvalue weighted by Crippen LogP contribution is 2.27. The van der Waals surface area contributed by atoms with E-state index >= 15 is 0 Å². The van der Waals surface area contributed by atoms with Crippen molar-refractivity contribution in [3.63, 3.8) is 0 Å². The van der Waals surface area contributed by atoms with Crippen LogP contribution in [0.15, 0.2) is 30.3 Å². The van der Waals surface area contributed by atoms with Crippen molar-refractivity contribution in [2.75, 3.05) is 20.1 Å². The Morgan fingerprint density at radius 3 is 2.09 bits per heavy atom. The molecule has 0 unspecified atom stereocenters. The van der Waals surface area contributed by atoms with E-state index in [-0.39, 0.29) is 36.8 Å². The van der Waals surface area contributed by atoms with Gasteiger partial charge in [0.05, 0.1) is 12.6 Å². The molecule has 47 heavy (non-hydrogen) atoms. The van der Waals surface area contributed by atoms with Crippen molar-refractivity contribution >= 4 is 35.4 Å². The lowest BCUT2D eigenvalue weighted by molar-refractivity contribution is -0.144. The Hall–Kier alpha value is -3.96. The Labute approximate surface area is 279 Å². The predicted molar refractivity (Wildman–Crippen MR) is 179 cm³/mol. The van der Waals surface area contributed by atoms with Gasteiger partial charge in [-0.2, -0.15) is 0 Å². The fourth-order valence-corrected chi connectivity index (χ4v) is 6.21. The van der Waals surface area contributed by atoms with Crippen molar-refractivity contribution in [2.24, 2.45) is 17.8 Å². The van der Waals surface area contributed by atoms with Crippen molar-refractivity contribution in [3.8, 4) is 0 Å². The summed E-state index contributed by atoms with van der Waals surface area (Å²) in [5.74, 6) is -3.11. The third kappa shape index (κ3) is 10.8. The summed E-state index contributed by atoms with van der Waals surface area (Å²) >= 11 is 0. The van der Waals surface area contributed by atoms with Crippen LogP contribution >= 0.6 is 0 Å². The van der Waals surface area contributed by atoms with E-state index in [0.29, 0.717) is 12.8 Å². The number of nitrogens with one attached hydrogen (secondary N) is 4. The van der Waals surface area contributed by atoms with Gasteiger partial charge in [0.25, 0.3) is 0 Å². The van der Waals surface area contributed by atoms with Crippen LogP contribution in [0.2, 0.25) is 0 Å². The van der Waals surface area contributed by atoms with Crippen molar-refractivity contribution in [1.82, 2.24) is 31.1 Å². The first-order valence-corrected chi connectivity index (χ1v) is 17.0. The molecular formula is C35H54N6O6. The number of hydrogen-bond donors (Lipinski definition) is 4. The molecule has 0 bridgehead atoms. The van der Waals surface area contributed by atoms with E-state index in [0.717, 1.165) is 31.2 Å². The van der Waals surface area contributed by atoms with Gasteiger partial charge in [0.2, 0.25) is 35.4 Å². The van der Waals surface area contributed by atoms with Gasteiger partial charge in [-0.3, -0.25) is 28.8 Å². The molecule has 1 heterocycles. The lowest BCUT2D eigenvalue weighted by Gasteiger charge is -2.33. The molecule has 1 aliphatic heterocycles. The largest absolute Gasteiger partial charge is 0.349 e. The van der Waals surface area contributed by atoms with Crippen LogP contribution in [0, 0.1) is 17.8 Å². The number of rotatable bonds is 6. The number of carbonyl (C=O) groups is 6. The Morgan fingerprint density at radius 2 is 1.49 bits per heavy atom. The second-order valence-corrected chi connectivity index (χ2v) is 13.9. The summed E-state index contributed by atoms with van der Waals surface area (Å²) in [5, 5.41) is 11.3. The first kappa shape index (κ1) is 37.5. The Balaban J connectivity index is 2.04. The first-order valence-electron chi connectivity index (χ1n) is 17.0. The highest BCUT2D eigenvalue weighted by Gasteiger charge is 2.36. The number of likely N-dealkylation sites (N-methyl/N-ethyl adjacent to an activating group) is 1. The maximum absolute atomic E-state index is 13.9. The lowest BCUT2D eigenvalue weighted by Crippen LogP contribution is -2.60. The van der Waals surface area contributed by atoms with Crippen LogP contribution in [0.5, 0.6) is 0 Å². The van der Waals surface area contributed by atoms with Gasteiger partial charge in [-0.1, -0.05) is 70.9 Å². The standard InChI is InChI=1S/C35H54N6O6/c1-21(2)17-28-35(47)40(7)24(6)32(44)36-23(5)31(43)39-30(22(3)4)33(45)37-27(18-25-13-9-8-10-14-25)19-41(20-29(42)38-28)34(46)26-15-11-12-16-26/h8-10,13-14,21-24,26-28,30H,11-12,15-20H2,1-7H3,(H,36,44)(H,37,45)(H,38,42)(H,39,43)/t23-,24+,27+,28+,30+/m1/s1. The van der Waals surface area contributed by atoms with E-state index in [1.165, 1.54) is 23.8 Å². The second kappa shape index (κ2) is 17.3. The molecule has 0 radical (unpaired) electrons. The van der Waals surface area contributed by atoms with Gasteiger partial charge in [-0.05, 0) is 56.9 Å². The van der Waals surface area contributed by atoms with E-state index < -0.39 is 59.7 Å². The van der Waals surface area contributed by atoms with Crippen LogP contribution in [-0.4, -0.2) is 95.6 Å². The molecule has 0 spiro atoms. The topological polar surface area (TPSA) is 157 Å². The third-order valence-electron chi connectivity index (χ3n) is 9.11. The van der Waals surface area contributed by atoms with E-state index in [1.807, 2.05) is 58.0 Å². The molecule has 260 valence electrons. The molecule has 3 rings (SSSR count). The minimum Gasteiger partial charge on any atom is -0.349 e. The molecule has 1 aromatic rings. The molecule has 0 aromatic heterocycles.